The van der Waals surface area contributed by atoms with Crippen molar-refractivity contribution in [2.24, 2.45) is 5.73 Å². The van der Waals surface area contributed by atoms with E-state index in [1.165, 1.54) is 4.90 Å². The summed E-state index contributed by atoms with van der Waals surface area (Å²) in [7, 11) is 0. The van der Waals surface area contributed by atoms with Gasteiger partial charge in [0.15, 0.2) is 0 Å². The Morgan fingerprint density at radius 2 is 2.14 bits per heavy atom. The van der Waals surface area contributed by atoms with Crippen molar-refractivity contribution in [3.63, 3.8) is 0 Å². The van der Waals surface area contributed by atoms with Crippen molar-refractivity contribution < 1.29 is 0 Å². The van der Waals surface area contributed by atoms with Gasteiger partial charge in [0.2, 0.25) is 0 Å². The van der Waals surface area contributed by atoms with Crippen LogP contribution in [0.1, 0.15) is 5.69 Å². The largest absolute Gasteiger partial charge is 0.325 e. The molecular formula is C15H15N5S. The zero-order chi connectivity index (χ0) is 14.7. The Morgan fingerprint density at radius 3 is 2.86 bits per heavy atom. The molecular weight excluding hydrogens is 282 g/mol. The van der Waals surface area contributed by atoms with Crippen molar-refractivity contribution in [1.82, 2.24) is 20.0 Å². The number of rotatable bonds is 4. The van der Waals surface area contributed by atoms with E-state index in [2.05, 4.69) is 27.4 Å². The van der Waals surface area contributed by atoms with E-state index < -0.39 is 0 Å². The first-order chi connectivity index (χ1) is 10.3. The minimum Gasteiger partial charge on any atom is -0.325 e. The van der Waals surface area contributed by atoms with Crippen LogP contribution in [0, 0.1) is 0 Å². The normalized spacial score (nSPS) is 10.8. The fourth-order valence-electron chi connectivity index (χ4n) is 2.17. The first-order valence-corrected chi connectivity index (χ1v) is 7.75. The highest BCUT2D eigenvalue weighted by molar-refractivity contribution is 7.98. The molecule has 3 aromatic rings. The first kappa shape index (κ1) is 13.8. The van der Waals surface area contributed by atoms with Crippen LogP contribution in [-0.2, 0) is 6.54 Å². The van der Waals surface area contributed by atoms with E-state index in [9.17, 15) is 0 Å². The number of thioether (sulfide) groups is 1. The maximum absolute atomic E-state index is 5.80. The zero-order valence-electron chi connectivity index (χ0n) is 11.6. The van der Waals surface area contributed by atoms with Gasteiger partial charge in [-0.15, -0.1) is 16.9 Å². The van der Waals surface area contributed by atoms with Crippen molar-refractivity contribution in [1.29, 1.82) is 0 Å². The third-order valence-electron chi connectivity index (χ3n) is 3.17. The van der Waals surface area contributed by atoms with Crippen LogP contribution in [-0.4, -0.2) is 26.2 Å². The minimum atomic E-state index is 0.340. The molecule has 21 heavy (non-hydrogen) atoms. The van der Waals surface area contributed by atoms with Crippen molar-refractivity contribution in [2.75, 3.05) is 6.26 Å². The smallest absolute Gasteiger partial charge is 0.105 e. The van der Waals surface area contributed by atoms with E-state index in [0.717, 1.165) is 22.6 Å². The molecule has 0 saturated carbocycles. The summed E-state index contributed by atoms with van der Waals surface area (Å²) < 4.78 is 1.82. The molecule has 0 fully saturated rings. The van der Waals surface area contributed by atoms with Crippen LogP contribution in [0.2, 0.25) is 0 Å². The molecule has 0 aliphatic heterocycles. The van der Waals surface area contributed by atoms with Gasteiger partial charge < -0.3 is 5.73 Å². The van der Waals surface area contributed by atoms with Gasteiger partial charge in [0, 0.05) is 29.4 Å². The zero-order valence-corrected chi connectivity index (χ0v) is 12.4. The Kier molecular flexibility index (Phi) is 3.98. The summed E-state index contributed by atoms with van der Waals surface area (Å²) >= 11 is 1.69. The van der Waals surface area contributed by atoms with Gasteiger partial charge in [-0.1, -0.05) is 11.3 Å². The van der Waals surface area contributed by atoms with Crippen LogP contribution in [0.4, 0.5) is 0 Å². The van der Waals surface area contributed by atoms with Crippen LogP contribution in [0.25, 0.3) is 16.9 Å². The average molecular weight is 297 g/mol. The standard InChI is InChI=1S/C15H15N5S/c1-21-13-6-2-5-12(8-13)20-15(14(9-16)18-19-20)11-4-3-7-17-10-11/h2-8,10H,9,16H2,1H3. The fraction of sp³-hybridized carbons (Fsp3) is 0.133. The van der Waals surface area contributed by atoms with Gasteiger partial charge >= 0.3 is 0 Å². The maximum atomic E-state index is 5.80. The molecule has 5 nitrogen and oxygen atoms in total. The summed E-state index contributed by atoms with van der Waals surface area (Å²) in [5.74, 6) is 0. The van der Waals surface area contributed by atoms with Gasteiger partial charge in [0.05, 0.1) is 5.69 Å². The number of benzene rings is 1. The lowest BCUT2D eigenvalue weighted by atomic mass is 10.1. The molecule has 0 saturated heterocycles. The lowest BCUT2D eigenvalue weighted by Gasteiger charge is -2.08. The monoisotopic (exact) mass is 297 g/mol. The van der Waals surface area contributed by atoms with E-state index in [0.29, 0.717) is 6.54 Å². The number of pyridine rings is 1. The summed E-state index contributed by atoms with van der Waals surface area (Å²) in [5.41, 5.74) is 9.37. The summed E-state index contributed by atoms with van der Waals surface area (Å²) in [6.07, 6.45) is 5.59. The molecule has 2 N–H and O–H groups in total. The van der Waals surface area contributed by atoms with E-state index in [1.807, 2.05) is 35.2 Å². The number of nitrogens with two attached hydrogens (primary N) is 1. The topological polar surface area (TPSA) is 69.6 Å². The van der Waals surface area contributed by atoms with Crippen molar-refractivity contribution in [3.05, 3.63) is 54.5 Å². The minimum absolute atomic E-state index is 0.340. The summed E-state index contributed by atoms with van der Waals surface area (Å²) in [6, 6.07) is 12.1. The van der Waals surface area contributed by atoms with Crippen LogP contribution >= 0.6 is 11.8 Å². The molecule has 1 aromatic carbocycles. The summed E-state index contributed by atoms with van der Waals surface area (Å²) in [5, 5.41) is 8.45. The van der Waals surface area contributed by atoms with Gasteiger partial charge in [0.1, 0.15) is 11.4 Å². The van der Waals surface area contributed by atoms with E-state index in [4.69, 9.17) is 5.73 Å². The summed E-state index contributed by atoms with van der Waals surface area (Å²) in [6.45, 7) is 0.340. The molecule has 0 atom stereocenters. The van der Waals surface area contributed by atoms with E-state index >= 15 is 0 Å². The lowest BCUT2D eigenvalue weighted by Crippen LogP contribution is -2.03. The predicted octanol–water partition coefficient (Wildman–Crippen LogP) is 2.51. The molecule has 3 rings (SSSR count). The molecule has 6 heteroatoms. The lowest BCUT2D eigenvalue weighted by molar-refractivity contribution is 0.798. The first-order valence-electron chi connectivity index (χ1n) is 6.53. The van der Waals surface area contributed by atoms with Crippen LogP contribution in [0.3, 0.4) is 0 Å². The third kappa shape index (κ3) is 2.68. The second-order valence-corrected chi connectivity index (χ2v) is 5.32. The van der Waals surface area contributed by atoms with Crippen LogP contribution in [0.15, 0.2) is 53.7 Å². The Labute approximate surface area is 127 Å². The number of aromatic nitrogens is 4. The fourth-order valence-corrected chi connectivity index (χ4v) is 2.62. The number of nitrogens with zero attached hydrogens (tertiary/aromatic N) is 4. The highest BCUT2D eigenvalue weighted by Crippen LogP contribution is 2.26. The molecule has 0 unspecified atom stereocenters. The van der Waals surface area contributed by atoms with Gasteiger partial charge in [-0.05, 0) is 36.6 Å². The Hall–Kier alpha value is -2.18. The Morgan fingerprint density at radius 1 is 1.24 bits per heavy atom. The third-order valence-corrected chi connectivity index (χ3v) is 3.89. The molecule has 106 valence electrons. The molecule has 0 aliphatic rings. The van der Waals surface area contributed by atoms with E-state index in [1.54, 1.807) is 24.2 Å². The SMILES string of the molecule is CSc1cccc(-n2nnc(CN)c2-c2cccnc2)c1. The highest BCUT2D eigenvalue weighted by atomic mass is 32.2. The molecule has 2 heterocycles. The molecule has 0 aliphatic carbocycles. The number of hydrogen-bond acceptors (Lipinski definition) is 5. The average Bonchev–Trinajstić information content (AvgIpc) is 2.99. The van der Waals surface area contributed by atoms with Crippen LogP contribution < -0.4 is 5.73 Å². The van der Waals surface area contributed by atoms with Crippen molar-refractivity contribution in [2.45, 2.75) is 11.4 Å². The van der Waals surface area contributed by atoms with Gasteiger partial charge in [0.25, 0.3) is 0 Å². The van der Waals surface area contributed by atoms with Crippen molar-refractivity contribution in [3.8, 4) is 16.9 Å². The molecule has 0 amide bonds. The Bertz CT molecular complexity index is 739. The molecule has 2 aromatic heterocycles. The van der Waals surface area contributed by atoms with E-state index in [-0.39, 0.29) is 0 Å². The predicted molar refractivity (Wildman–Crippen MR) is 84.3 cm³/mol. The number of hydrogen-bond donors (Lipinski definition) is 1. The highest BCUT2D eigenvalue weighted by Gasteiger charge is 2.15. The quantitative estimate of drug-likeness (QED) is 0.749. The molecule has 0 bridgehead atoms. The summed E-state index contributed by atoms with van der Waals surface area (Å²) in [4.78, 5) is 5.35. The van der Waals surface area contributed by atoms with Crippen LogP contribution in [0.5, 0.6) is 0 Å². The van der Waals surface area contributed by atoms with Crippen molar-refractivity contribution >= 4 is 11.8 Å². The molecule has 0 spiro atoms. The molecule has 0 radical (unpaired) electrons. The second kappa shape index (κ2) is 6.07. The maximum Gasteiger partial charge on any atom is 0.105 e. The van der Waals surface area contributed by atoms with Gasteiger partial charge in [-0.2, -0.15) is 0 Å². The Balaban J connectivity index is 2.17. The van der Waals surface area contributed by atoms with Gasteiger partial charge in [-0.25, -0.2) is 4.68 Å². The second-order valence-electron chi connectivity index (χ2n) is 4.44. The van der Waals surface area contributed by atoms with Gasteiger partial charge in [-0.3, -0.25) is 4.98 Å².